The van der Waals surface area contributed by atoms with E-state index in [2.05, 4.69) is 45.2 Å². The summed E-state index contributed by atoms with van der Waals surface area (Å²) in [5, 5.41) is 3.26. The maximum Gasteiger partial charge on any atom is 0.0178 e. The summed E-state index contributed by atoms with van der Waals surface area (Å²) in [7, 11) is 0. The van der Waals surface area contributed by atoms with Crippen LogP contribution in [0.5, 0.6) is 0 Å². The number of nitrogens with one attached hydrogen (secondary N) is 1. The molecule has 0 saturated carbocycles. The van der Waals surface area contributed by atoms with E-state index in [1.54, 1.807) is 0 Å². The Balaban J connectivity index is 3.33. The number of hydrogen-bond donors (Lipinski definition) is 1. The zero-order valence-corrected chi connectivity index (χ0v) is 8.72. The molecule has 0 bridgehead atoms. The van der Waals surface area contributed by atoms with Gasteiger partial charge in [-0.2, -0.15) is 0 Å². The van der Waals surface area contributed by atoms with Crippen LogP contribution in [-0.4, -0.2) is 6.54 Å². The number of rotatable bonds is 5. The van der Waals surface area contributed by atoms with Crippen LogP contribution in [0.15, 0.2) is 23.9 Å². The molecule has 0 saturated heterocycles. The van der Waals surface area contributed by atoms with Crippen molar-refractivity contribution in [2.75, 3.05) is 6.54 Å². The van der Waals surface area contributed by atoms with E-state index in [0.29, 0.717) is 5.92 Å². The molecule has 0 aromatic heterocycles. The number of allylic oxidation sites excluding steroid dienone is 2. The standard InChI is InChI=1S/C11H21N/c1-5-11(4)7-9-12-8-6-10(2)3/h5-6,8,10,12H,7,9H2,1-4H3/b8-6-,11-5-. The Labute approximate surface area is 76.6 Å². The summed E-state index contributed by atoms with van der Waals surface area (Å²) < 4.78 is 0. The van der Waals surface area contributed by atoms with Crippen molar-refractivity contribution in [2.45, 2.75) is 34.1 Å². The number of hydrogen-bond acceptors (Lipinski definition) is 1. The van der Waals surface area contributed by atoms with Crippen LogP contribution in [0.1, 0.15) is 34.1 Å². The van der Waals surface area contributed by atoms with E-state index >= 15 is 0 Å². The zero-order valence-electron chi connectivity index (χ0n) is 8.72. The van der Waals surface area contributed by atoms with Crippen LogP contribution in [0.25, 0.3) is 0 Å². The average molecular weight is 167 g/mol. The van der Waals surface area contributed by atoms with Gasteiger partial charge in [-0.25, -0.2) is 0 Å². The van der Waals surface area contributed by atoms with Crippen molar-refractivity contribution in [3.63, 3.8) is 0 Å². The SMILES string of the molecule is C/C=C(/C)CCN/C=C\C(C)C. The van der Waals surface area contributed by atoms with Crippen LogP contribution < -0.4 is 5.32 Å². The third-order valence-corrected chi connectivity index (χ3v) is 1.76. The van der Waals surface area contributed by atoms with Gasteiger partial charge in [-0.1, -0.05) is 31.6 Å². The second-order valence-corrected chi connectivity index (χ2v) is 3.44. The molecule has 0 rings (SSSR count). The molecule has 0 atom stereocenters. The first-order chi connectivity index (χ1) is 5.66. The van der Waals surface area contributed by atoms with Crippen molar-refractivity contribution >= 4 is 0 Å². The topological polar surface area (TPSA) is 12.0 Å². The van der Waals surface area contributed by atoms with Crippen LogP contribution in [0, 0.1) is 5.92 Å². The Bertz CT molecular complexity index is 154. The van der Waals surface area contributed by atoms with E-state index in [-0.39, 0.29) is 0 Å². The van der Waals surface area contributed by atoms with E-state index < -0.39 is 0 Å². The summed E-state index contributed by atoms with van der Waals surface area (Å²) in [5.41, 5.74) is 1.44. The monoisotopic (exact) mass is 167 g/mol. The van der Waals surface area contributed by atoms with E-state index in [0.717, 1.165) is 13.0 Å². The van der Waals surface area contributed by atoms with Gasteiger partial charge in [0.1, 0.15) is 0 Å². The maximum absolute atomic E-state index is 3.26. The lowest BCUT2D eigenvalue weighted by Gasteiger charge is -2.01. The fraction of sp³-hybridized carbons (Fsp3) is 0.636. The highest BCUT2D eigenvalue weighted by atomic mass is 14.8. The lowest BCUT2D eigenvalue weighted by Crippen LogP contribution is -2.07. The molecule has 0 aromatic rings. The van der Waals surface area contributed by atoms with Crippen LogP contribution in [0.4, 0.5) is 0 Å². The van der Waals surface area contributed by atoms with Gasteiger partial charge in [0.05, 0.1) is 0 Å². The lowest BCUT2D eigenvalue weighted by molar-refractivity contribution is 0.785. The summed E-state index contributed by atoms with van der Waals surface area (Å²) in [6, 6.07) is 0. The van der Waals surface area contributed by atoms with Crippen LogP contribution in [0.2, 0.25) is 0 Å². The van der Waals surface area contributed by atoms with Gasteiger partial charge in [0.25, 0.3) is 0 Å². The fourth-order valence-corrected chi connectivity index (χ4v) is 0.757. The lowest BCUT2D eigenvalue weighted by atomic mass is 10.2. The van der Waals surface area contributed by atoms with E-state index in [1.165, 1.54) is 5.57 Å². The van der Waals surface area contributed by atoms with Crippen molar-refractivity contribution in [2.24, 2.45) is 5.92 Å². The summed E-state index contributed by atoms with van der Waals surface area (Å²) in [6.07, 6.45) is 7.52. The fourth-order valence-electron chi connectivity index (χ4n) is 0.757. The third-order valence-electron chi connectivity index (χ3n) is 1.76. The highest BCUT2D eigenvalue weighted by molar-refractivity contribution is 4.96. The summed E-state index contributed by atoms with van der Waals surface area (Å²) in [5.74, 6) is 0.639. The predicted molar refractivity (Wildman–Crippen MR) is 56.0 cm³/mol. The molecule has 0 aliphatic carbocycles. The van der Waals surface area contributed by atoms with Gasteiger partial charge in [0.2, 0.25) is 0 Å². The van der Waals surface area contributed by atoms with Crippen molar-refractivity contribution in [3.05, 3.63) is 23.9 Å². The Morgan fingerprint density at radius 2 is 2.08 bits per heavy atom. The van der Waals surface area contributed by atoms with Crippen LogP contribution in [-0.2, 0) is 0 Å². The van der Waals surface area contributed by atoms with Crippen LogP contribution in [0.3, 0.4) is 0 Å². The first kappa shape index (κ1) is 11.3. The normalized spacial score (nSPS) is 12.9. The minimum Gasteiger partial charge on any atom is -0.391 e. The minimum atomic E-state index is 0.639. The van der Waals surface area contributed by atoms with Crippen LogP contribution >= 0.6 is 0 Å². The predicted octanol–water partition coefficient (Wildman–Crippen LogP) is 3.10. The maximum atomic E-state index is 3.26. The highest BCUT2D eigenvalue weighted by Crippen LogP contribution is 1.96. The minimum absolute atomic E-state index is 0.639. The molecule has 0 aliphatic rings. The molecule has 1 nitrogen and oxygen atoms in total. The Kier molecular flexibility index (Phi) is 6.54. The second-order valence-electron chi connectivity index (χ2n) is 3.44. The molecule has 0 spiro atoms. The van der Waals surface area contributed by atoms with Crippen molar-refractivity contribution < 1.29 is 0 Å². The quantitative estimate of drug-likeness (QED) is 0.490. The zero-order chi connectivity index (χ0) is 9.40. The Hall–Kier alpha value is -0.720. The summed E-state index contributed by atoms with van der Waals surface area (Å²) in [4.78, 5) is 0. The van der Waals surface area contributed by atoms with Gasteiger partial charge in [-0.15, -0.1) is 0 Å². The molecule has 0 heterocycles. The first-order valence-corrected chi connectivity index (χ1v) is 4.68. The Morgan fingerprint density at radius 3 is 2.58 bits per heavy atom. The molecule has 70 valence electrons. The molecule has 0 fully saturated rings. The highest BCUT2D eigenvalue weighted by Gasteiger charge is 1.86. The van der Waals surface area contributed by atoms with Gasteiger partial charge < -0.3 is 5.32 Å². The van der Waals surface area contributed by atoms with Crippen molar-refractivity contribution in [3.8, 4) is 0 Å². The molecule has 0 amide bonds. The molecular formula is C11H21N. The Morgan fingerprint density at radius 1 is 1.42 bits per heavy atom. The van der Waals surface area contributed by atoms with E-state index in [9.17, 15) is 0 Å². The van der Waals surface area contributed by atoms with Gasteiger partial charge in [0.15, 0.2) is 0 Å². The largest absolute Gasteiger partial charge is 0.391 e. The third kappa shape index (κ3) is 7.39. The van der Waals surface area contributed by atoms with E-state index in [1.807, 2.05) is 6.20 Å². The van der Waals surface area contributed by atoms with Gasteiger partial charge in [-0.3, -0.25) is 0 Å². The molecule has 0 aliphatic heterocycles. The van der Waals surface area contributed by atoms with Gasteiger partial charge in [-0.05, 0) is 32.4 Å². The molecule has 1 N–H and O–H groups in total. The van der Waals surface area contributed by atoms with Gasteiger partial charge >= 0.3 is 0 Å². The molecule has 0 radical (unpaired) electrons. The van der Waals surface area contributed by atoms with Gasteiger partial charge in [0, 0.05) is 6.54 Å². The van der Waals surface area contributed by atoms with Crippen molar-refractivity contribution in [1.82, 2.24) is 5.32 Å². The van der Waals surface area contributed by atoms with E-state index in [4.69, 9.17) is 0 Å². The smallest absolute Gasteiger partial charge is 0.0178 e. The molecule has 12 heavy (non-hydrogen) atoms. The molecule has 0 aromatic carbocycles. The first-order valence-electron chi connectivity index (χ1n) is 4.68. The average Bonchev–Trinajstić information content (AvgIpc) is 2.03. The van der Waals surface area contributed by atoms with Crippen molar-refractivity contribution in [1.29, 1.82) is 0 Å². The molecule has 1 heteroatoms. The summed E-state index contributed by atoms with van der Waals surface area (Å²) in [6.45, 7) is 9.64. The second kappa shape index (κ2) is 6.96. The molecular weight excluding hydrogens is 146 g/mol. The summed E-state index contributed by atoms with van der Waals surface area (Å²) >= 11 is 0. The molecule has 0 unspecified atom stereocenters.